The zero-order valence-electron chi connectivity index (χ0n) is 8.88. The largest absolute Gasteiger partial charge is 0.396 e. The Labute approximate surface area is 103 Å². The van der Waals surface area contributed by atoms with Gasteiger partial charge in [-0.2, -0.15) is 0 Å². The molecule has 1 fully saturated rings. The van der Waals surface area contributed by atoms with E-state index in [0.29, 0.717) is 19.6 Å². The van der Waals surface area contributed by atoms with E-state index >= 15 is 0 Å². The predicted octanol–water partition coefficient (Wildman–Crippen LogP) is 2.53. The predicted molar refractivity (Wildman–Crippen MR) is 62.8 cm³/mol. The van der Waals surface area contributed by atoms with Gasteiger partial charge in [-0.05, 0) is 36.6 Å². The highest BCUT2D eigenvalue weighted by Crippen LogP contribution is 2.34. The van der Waals surface area contributed by atoms with Gasteiger partial charge in [-0.25, -0.2) is 4.39 Å². The molecule has 0 amide bonds. The van der Waals surface area contributed by atoms with Gasteiger partial charge in [-0.1, -0.05) is 15.9 Å². The molecule has 1 aromatic carbocycles. The van der Waals surface area contributed by atoms with E-state index in [0.717, 1.165) is 16.5 Å². The van der Waals surface area contributed by atoms with Crippen LogP contribution in [0, 0.1) is 11.2 Å². The molecule has 2 rings (SSSR count). The summed E-state index contributed by atoms with van der Waals surface area (Å²) in [7, 11) is 0. The number of hydrogen-bond acceptors (Lipinski definition) is 2. The Kier molecular flexibility index (Phi) is 3.62. The average molecular weight is 289 g/mol. The normalized spacial score (nSPS) is 24.9. The maximum absolute atomic E-state index is 13.1. The Morgan fingerprint density at radius 2 is 2.31 bits per heavy atom. The molecule has 0 aliphatic carbocycles. The number of aliphatic hydroxyl groups is 1. The molecule has 1 atom stereocenters. The molecule has 0 aromatic heterocycles. The quantitative estimate of drug-likeness (QED) is 0.926. The van der Waals surface area contributed by atoms with Gasteiger partial charge < -0.3 is 9.84 Å². The van der Waals surface area contributed by atoms with Gasteiger partial charge in [0, 0.05) is 16.5 Å². The van der Waals surface area contributed by atoms with Crippen LogP contribution in [-0.4, -0.2) is 24.9 Å². The van der Waals surface area contributed by atoms with E-state index in [4.69, 9.17) is 4.74 Å². The summed E-state index contributed by atoms with van der Waals surface area (Å²) in [5, 5.41) is 9.45. The maximum atomic E-state index is 13.1. The van der Waals surface area contributed by atoms with Crippen molar-refractivity contribution >= 4 is 15.9 Å². The number of hydrogen-bond donors (Lipinski definition) is 1. The fourth-order valence-corrected chi connectivity index (χ4v) is 2.44. The fraction of sp³-hybridized carbons (Fsp3) is 0.500. The second-order valence-corrected chi connectivity index (χ2v) is 5.23. The standard InChI is InChI=1S/C12H14BrFO2/c13-11-2-1-10(14)5-9(11)6-12(7-15)3-4-16-8-12/h1-2,5,15H,3-4,6-8H2. The highest BCUT2D eigenvalue weighted by Gasteiger charge is 2.34. The Morgan fingerprint density at radius 1 is 1.50 bits per heavy atom. The van der Waals surface area contributed by atoms with Gasteiger partial charge in [0.2, 0.25) is 0 Å². The second-order valence-electron chi connectivity index (χ2n) is 4.37. The van der Waals surface area contributed by atoms with E-state index in [1.54, 1.807) is 6.07 Å². The van der Waals surface area contributed by atoms with Gasteiger partial charge in [0.25, 0.3) is 0 Å². The van der Waals surface area contributed by atoms with Gasteiger partial charge >= 0.3 is 0 Å². The van der Waals surface area contributed by atoms with Crippen molar-refractivity contribution in [3.05, 3.63) is 34.1 Å². The Bertz CT molecular complexity index is 375. The summed E-state index contributed by atoms with van der Waals surface area (Å²) in [5.74, 6) is -0.245. The molecule has 0 bridgehead atoms. The SMILES string of the molecule is OCC1(Cc2cc(F)ccc2Br)CCOC1. The molecule has 1 aromatic rings. The van der Waals surface area contributed by atoms with Crippen LogP contribution in [0.25, 0.3) is 0 Å². The van der Waals surface area contributed by atoms with Crippen LogP contribution in [0.15, 0.2) is 22.7 Å². The van der Waals surface area contributed by atoms with Crippen LogP contribution in [0.4, 0.5) is 4.39 Å². The minimum absolute atomic E-state index is 0.0793. The first-order valence-corrected chi connectivity index (χ1v) is 6.07. The van der Waals surface area contributed by atoms with E-state index in [9.17, 15) is 9.50 Å². The molecule has 0 spiro atoms. The van der Waals surface area contributed by atoms with Crippen LogP contribution in [0.5, 0.6) is 0 Å². The van der Waals surface area contributed by atoms with Crippen molar-refractivity contribution in [3.8, 4) is 0 Å². The topological polar surface area (TPSA) is 29.5 Å². The summed E-state index contributed by atoms with van der Waals surface area (Å²) >= 11 is 3.40. The summed E-state index contributed by atoms with van der Waals surface area (Å²) < 4.78 is 19.3. The van der Waals surface area contributed by atoms with Crippen LogP contribution in [-0.2, 0) is 11.2 Å². The van der Waals surface area contributed by atoms with Crippen molar-refractivity contribution in [3.63, 3.8) is 0 Å². The minimum atomic E-state index is -0.245. The highest BCUT2D eigenvalue weighted by atomic mass is 79.9. The van der Waals surface area contributed by atoms with Gasteiger partial charge in [0.1, 0.15) is 5.82 Å². The van der Waals surface area contributed by atoms with E-state index in [-0.39, 0.29) is 17.8 Å². The molecule has 0 saturated carbocycles. The summed E-state index contributed by atoms with van der Waals surface area (Å²) in [6.07, 6.45) is 1.47. The molecule has 2 nitrogen and oxygen atoms in total. The van der Waals surface area contributed by atoms with Crippen LogP contribution in [0.2, 0.25) is 0 Å². The summed E-state index contributed by atoms with van der Waals surface area (Å²) in [6, 6.07) is 4.63. The van der Waals surface area contributed by atoms with Gasteiger partial charge in [-0.15, -0.1) is 0 Å². The number of benzene rings is 1. The lowest BCUT2D eigenvalue weighted by molar-refractivity contribution is 0.0933. The molecular weight excluding hydrogens is 275 g/mol. The van der Waals surface area contributed by atoms with Gasteiger partial charge in [0.05, 0.1) is 13.2 Å². The summed E-state index contributed by atoms with van der Waals surface area (Å²) in [5.41, 5.74) is 0.649. The Balaban J connectivity index is 2.21. The van der Waals surface area contributed by atoms with Crippen LogP contribution in [0.1, 0.15) is 12.0 Å². The molecule has 0 radical (unpaired) electrons. The summed E-state index contributed by atoms with van der Waals surface area (Å²) in [6.45, 7) is 1.30. The molecule has 1 saturated heterocycles. The van der Waals surface area contributed by atoms with E-state index in [2.05, 4.69) is 15.9 Å². The zero-order valence-corrected chi connectivity index (χ0v) is 10.5. The monoisotopic (exact) mass is 288 g/mol. The lowest BCUT2D eigenvalue weighted by Gasteiger charge is -2.25. The third kappa shape index (κ3) is 2.44. The molecule has 1 aliphatic heterocycles. The lowest BCUT2D eigenvalue weighted by Crippen LogP contribution is -2.28. The molecule has 16 heavy (non-hydrogen) atoms. The van der Waals surface area contributed by atoms with Crippen molar-refractivity contribution in [1.82, 2.24) is 0 Å². The molecular formula is C12H14BrFO2. The Hall–Kier alpha value is -0.450. The zero-order chi connectivity index (χ0) is 11.6. The molecule has 1 unspecified atom stereocenters. The number of halogens is 2. The molecule has 88 valence electrons. The van der Waals surface area contributed by atoms with Crippen molar-refractivity contribution < 1.29 is 14.2 Å². The summed E-state index contributed by atoms with van der Waals surface area (Å²) in [4.78, 5) is 0. The first kappa shape index (κ1) is 12.0. The van der Waals surface area contributed by atoms with E-state index < -0.39 is 0 Å². The molecule has 1 aliphatic rings. The Morgan fingerprint density at radius 3 is 2.94 bits per heavy atom. The van der Waals surface area contributed by atoms with Crippen molar-refractivity contribution in [2.75, 3.05) is 19.8 Å². The van der Waals surface area contributed by atoms with Crippen molar-refractivity contribution in [2.45, 2.75) is 12.8 Å². The number of aliphatic hydroxyl groups excluding tert-OH is 1. The number of rotatable bonds is 3. The molecule has 4 heteroatoms. The third-order valence-electron chi connectivity index (χ3n) is 3.09. The molecule has 1 heterocycles. The lowest BCUT2D eigenvalue weighted by atomic mass is 9.82. The maximum Gasteiger partial charge on any atom is 0.123 e. The van der Waals surface area contributed by atoms with E-state index in [1.165, 1.54) is 12.1 Å². The first-order valence-electron chi connectivity index (χ1n) is 5.28. The third-order valence-corrected chi connectivity index (χ3v) is 3.87. The van der Waals surface area contributed by atoms with Crippen molar-refractivity contribution in [2.24, 2.45) is 5.41 Å². The highest BCUT2D eigenvalue weighted by molar-refractivity contribution is 9.10. The smallest absolute Gasteiger partial charge is 0.123 e. The molecule has 1 N–H and O–H groups in total. The average Bonchev–Trinajstić information content (AvgIpc) is 2.73. The number of ether oxygens (including phenoxy) is 1. The van der Waals surface area contributed by atoms with Crippen molar-refractivity contribution in [1.29, 1.82) is 0 Å². The fourth-order valence-electron chi connectivity index (χ4n) is 2.05. The van der Waals surface area contributed by atoms with E-state index in [1.807, 2.05) is 0 Å². The van der Waals surface area contributed by atoms with Gasteiger partial charge in [-0.3, -0.25) is 0 Å². The van der Waals surface area contributed by atoms with Crippen LogP contribution >= 0.6 is 15.9 Å². The first-order chi connectivity index (χ1) is 7.65. The van der Waals surface area contributed by atoms with Crippen LogP contribution in [0.3, 0.4) is 0 Å². The van der Waals surface area contributed by atoms with Gasteiger partial charge in [0.15, 0.2) is 0 Å². The second kappa shape index (κ2) is 4.82. The minimum Gasteiger partial charge on any atom is -0.396 e. The van der Waals surface area contributed by atoms with Crippen LogP contribution < -0.4 is 0 Å².